The zero-order chi connectivity index (χ0) is 23.6. The average molecular weight is 437 g/mol. The van der Waals surface area contributed by atoms with Crippen LogP contribution in [0.3, 0.4) is 0 Å². The number of ether oxygens (including phenoxy) is 4. The first-order chi connectivity index (χ1) is 14.5. The van der Waals surface area contributed by atoms with Crippen molar-refractivity contribution in [2.24, 2.45) is 11.7 Å². The van der Waals surface area contributed by atoms with Crippen molar-refractivity contribution >= 4 is 23.9 Å². The van der Waals surface area contributed by atoms with Gasteiger partial charge in [0.05, 0.1) is 0 Å². The Labute approximate surface area is 182 Å². The van der Waals surface area contributed by atoms with Crippen molar-refractivity contribution in [3.05, 3.63) is 23.8 Å². The van der Waals surface area contributed by atoms with Crippen molar-refractivity contribution in [3.63, 3.8) is 0 Å². The van der Waals surface area contributed by atoms with Crippen molar-refractivity contribution in [1.82, 2.24) is 0 Å². The van der Waals surface area contributed by atoms with E-state index in [1.165, 1.54) is 26.0 Å². The largest absolute Gasteiger partial charge is 0.462 e. The Hall–Kier alpha value is -2.94. The summed E-state index contributed by atoms with van der Waals surface area (Å²) in [6.45, 7) is 7.93. The van der Waals surface area contributed by atoms with Crippen LogP contribution in [-0.2, 0) is 35.1 Å². The Balaban J connectivity index is 2.65. The van der Waals surface area contributed by atoms with Crippen LogP contribution in [0.15, 0.2) is 18.2 Å². The van der Waals surface area contributed by atoms with E-state index >= 15 is 0 Å². The average Bonchev–Trinajstić information content (AvgIpc) is 2.67. The van der Waals surface area contributed by atoms with Crippen LogP contribution < -0.4 is 15.2 Å². The Morgan fingerprint density at radius 2 is 1.61 bits per heavy atom. The van der Waals surface area contributed by atoms with Gasteiger partial charge in [0.1, 0.15) is 18.8 Å². The molecule has 172 valence electrons. The lowest BCUT2D eigenvalue weighted by atomic mass is 10.1. The minimum atomic E-state index is -0.997. The number of esters is 4. The van der Waals surface area contributed by atoms with Crippen LogP contribution in [0.2, 0.25) is 0 Å². The molecule has 0 aliphatic heterocycles. The van der Waals surface area contributed by atoms with E-state index in [4.69, 9.17) is 24.7 Å². The summed E-state index contributed by atoms with van der Waals surface area (Å²) in [5.74, 6) is -1.82. The topological polar surface area (TPSA) is 131 Å². The SMILES string of the molecule is CCC(C)CC(=O)OC[C@H](C)OC(=O)[C@@H](N)Cc1ccc(OC(C)=O)c(OC(C)=O)c1. The molecule has 0 heterocycles. The molecule has 1 aromatic rings. The maximum atomic E-state index is 12.3. The summed E-state index contributed by atoms with van der Waals surface area (Å²) in [5, 5.41) is 0. The first kappa shape index (κ1) is 26.1. The number of hydrogen-bond acceptors (Lipinski definition) is 9. The van der Waals surface area contributed by atoms with Gasteiger partial charge in [-0.2, -0.15) is 0 Å². The van der Waals surface area contributed by atoms with Gasteiger partial charge < -0.3 is 24.7 Å². The van der Waals surface area contributed by atoms with Gasteiger partial charge in [-0.15, -0.1) is 0 Å². The fraction of sp³-hybridized carbons (Fsp3) is 0.545. The van der Waals surface area contributed by atoms with E-state index in [2.05, 4.69) is 0 Å². The van der Waals surface area contributed by atoms with Gasteiger partial charge in [0.15, 0.2) is 11.5 Å². The summed E-state index contributed by atoms with van der Waals surface area (Å²) >= 11 is 0. The summed E-state index contributed by atoms with van der Waals surface area (Å²) in [6.07, 6.45) is 0.621. The van der Waals surface area contributed by atoms with Crippen LogP contribution in [0.5, 0.6) is 11.5 Å². The van der Waals surface area contributed by atoms with E-state index in [9.17, 15) is 19.2 Å². The molecule has 0 spiro atoms. The van der Waals surface area contributed by atoms with Crippen molar-refractivity contribution in [3.8, 4) is 11.5 Å². The molecule has 1 unspecified atom stereocenters. The third-order valence-electron chi connectivity index (χ3n) is 4.28. The Morgan fingerprint density at radius 3 is 2.19 bits per heavy atom. The molecule has 9 heteroatoms. The second-order valence-corrected chi connectivity index (χ2v) is 7.43. The standard InChI is InChI=1S/C22H31NO8/c1-6-13(2)9-21(26)28-12-14(3)29-22(27)18(23)10-17-7-8-19(30-15(4)24)20(11-17)31-16(5)25/h7-8,11,13-14,18H,6,9-10,12,23H2,1-5H3/t13?,14-,18-/m0/s1. The number of benzene rings is 1. The molecule has 0 amide bonds. The van der Waals surface area contributed by atoms with Gasteiger partial charge >= 0.3 is 23.9 Å². The fourth-order valence-electron chi connectivity index (χ4n) is 2.51. The summed E-state index contributed by atoms with van der Waals surface area (Å²) in [7, 11) is 0. The molecule has 0 bridgehead atoms. The lowest BCUT2D eigenvalue weighted by Gasteiger charge is -2.18. The third-order valence-corrected chi connectivity index (χ3v) is 4.28. The van der Waals surface area contributed by atoms with E-state index in [0.29, 0.717) is 12.0 Å². The molecule has 1 rings (SSSR count). The highest BCUT2D eigenvalue weighted by atomic mass is 16.6. The highest BCUT2D eigenvalue weighted by Gasteiger charge is 2.21. The quantitative estimate of drug-likeness (QED) is 0.409. The first-order valence-electron chi connectivity index (χ1n) is 10.1. The van der Waals surface area contributed by atoms with Crippen molar-refractivity contribution in [2.45, 2.75) is 66.0 Å². The lowest BCUT2D eigenvalue weighted by molar-refractivity contribution is -0.159. The number of carbonyl (C=O) groups excluding carboxylic acids is 4. The van der Waals surface area contributed by atoms with Gasteiger partial charge in [-0.1, -0.05) is 26.3 Å². The van der Waals surface area contributed by atoms with E-state index < -0.39 is 30.1 Å². The first-order valence-corrected chi connectivity index (χ1v) is 10.1. The number of rotatable bonds is 11. The smallest absolute Gasteiger partial charge is 0.323 e. The Morgan fingerprint density at radius 1 is 1.00 bits per heavy atom. The summed E-state index contributed by atoms with van der Waals surface area (Å²) in [6, 6.07) is 3.51. The minimum Gasteiger partial charge on any atom is -0.462 e. The summed E-state index contributed by atoms with van der Waals surface area (Å²) in [4.78, 5) is 46.5. The Kier molecular flexibility index (Phi) is 10.7. The molecule has 31 heavy (non-hydrogen) atoms. The predicted molar refractivity (Wildman–Crippen MR) is 111 cm³/mol. The molecular formula is C22H31NO8. The number of hydrogen-bond donors (Lipinski definition) is 1. The zero-order valence-corrected chi connectivity index (χ0v) is 18.6. The fourth-order valence-corrected chi connectivity index (χ4v) is 2.51. The maximum Gasteiger partial charge on any atom is 0.323 e. The molecule has 0 saturated carbocycles. The van der Waals surface area contributed by atoms with Gasteiger partial charge in [-0.25, -0.2) is 0 Å². The van der Waals surface area contributed by atoms with Gasteiger partial charge in [0.2, 0.25) is 0 Å². The molecule has 2 N–H and O–H groups in total. The van der Waals surface area contributed by atoms with Crippen LogP contribution in [0.25, 0.3) is 0 Å². The van der Waals surface area contributed by atoms with Crippen molar-refractivity contribution < 1.29 is 38.1 Å². The molecule has 0 aliphatic carbocycles. The summed E-state index contributed by atoms with van der Waals surface area (Å²) < 4.78 is 20.4. The van der Waals surface area contributed by atoms with Gasteiger partial charge in [-0.3, -0.25) is 19.2 Å². The van der Waals surface area contributed by atoms with E-state index in [0.717, 1.165) is 6.42 Å². The van der Waals surface area contributed by atoms with Gasteiger partial charge in [0.25, 0.3) is 0 Å². The second-order valence-electron chi connectivity index (χ2n) is 7.43. The molecule has 3 atom stereocenters. The third kappa shape index (κ3) is 10.1. The lowest BCUT2D eigenvalue weighted by Crippen LogP contribution is -2.37. The number of carbonyl (C=O) groups is 4. The van der Waals surface area contributed by atoms with Crippen LogP contribution in [0.4, 0.5) is 0 Å². The van der Waals surface area contributed by atoms with Gasteiger partial charge in [0, 0.05) is 20.3 Å². The van der Waals surface area contributed by atoms with Crippen molar-refractivity contribution in [2.75, 3.05) is 6.61 Å². The predicted octanol–water partition coefficient (Wildman–Crippen LogP) is 2.32. The molecule has 1 aromatic carbocycles. The maximum absolute atomic E-state index is 12.3. The molecule has 0 fully saturated rings. The number of nitrogens with two attached hydrogens (primary N) is 1. The molecule has 0 radical (unpaired) electrons. The highest BCUT2D eigenvalue weighted by Crippen LogP contribution is 2.29. The van der Waals surface area contributed by atoms with Gasteiger partial charge in [-0.05, 0) is 37.0 Å². The Bertz CT molecular complexity index is 792. The van der Waals surface area contributed by atoms with E-state index in [1.54, 1.807) is 13.0 Å². The van der Waals surface area contributed by atoms with E-state index in [1.807, 2.05) is 13.8 Å². The molecule has 0 aromatic heterocycles. The summed E-state index contributed by atoms with van der Waals surface area (Å²) in [5.41, 5.74) is 6.51. The molecule has 0 aliphatic rings. The monoisotopic (exact) mass is 437 g/mol. The second kappa shape index (κ2) is 12.7. The van der Waals surface area contributed by atoms with Crippen LogP contribution in [-0.4, -0.2) is 42.6 Å². The minimum absolute atomic E-state index is 0.0438. The normalized spacial score (nSPS) is 13.5. The highest BCUT2D eigenvalue weighted by molar-refractivity contribution is 5.77. The van der Waals surface area contributed by atoms with Crippen LogP contribution in [0, 0.1) is 5.92 Å². The molecule has 0 saturated heterocycles. The van der Waals surface area contributed by atoms with Crippen LogP contribution in [0.1, 0.15) is 53.0 Å². The van der Waals surface area contributed by atoms with Crippen LogP contribution >= 0.6 is 0 Å². The zero-order valence-electron chi connectivity index (χ0n) is 18.6. The molecular weight excluding hydrogens is 406 g/mol. The van der Waals surface area contributed by atoms with E-state index in [-0.39, 0.29) is 36.4 Å². The van der Waals surface area contributed by atoms with Crippen molar-refractivity contribution in [1.29, 1.82) is 0 Å². The molecule has 9 nitrogen and oxygen atoms in total.